The van der Waals surface area contributed by atoms with Crippen LogP contribution in [0.25, 0.3) is 0 Å². The number of carbonyl (C=O) groups excluding carboxylic acids is 2. The van der Waals surface area contributed by atoms with Crippen molar-refractivity contribution in [3.63, 3.8) is 0 Å². The number of ether oxygens (including phenoxy) is 1. The third-order valence-electron chi connectivity index (χ3n) is 5.11. The molecule has 3 heterocycles. The quantitative estimate of drug-likeness (QED) is 0.595. The van der Waals surface area contributed by atoms with Crippen molar-refractivity contribution in [2.24, 2.45) is 0 Å². The number of imidazole rings is 1. The Balaban J connectivity index is 1.70. The van der Waals surface area contributed by atoms with Crippen LogP contribution >= 0.6 is 0 Å². The summed E-state index contributed by atoms with van der Waals surface area (Å²) < 4.78 is 6.89. The highest BCUT2D eigenvalue weighted by Crippen LogP contribution is 2.29. The van der Waals surface area contributed by atoms with E-state index in [0.29, 0.717) is 56.4 Å². The molecule has 0 spiro atoms. The topological polar surface area (TPSA) is 105 Å². The molecule has 1 N–H and O–H groups in total. The summed E-state index contributed by atoms with van der Waals surface area (Å²) in [6, 6.07) is 0. The van der Waals surface area contributed by atoms with Crippen LogP contribution in [0, 0.1) is 0 Å². The summed E-state index contributed by atoms with van der Waals surface area (Å²) in [7, 11) is 5.31. The molecule has 0 saturated carbocycles. The molecule has 1 unspecified atom stereocenters. The van der Waals surface area contributed by atoms with E-state index in [2.05, 4.69) is 20.3 Å². The highest BCUT2D eigenvalue weighted by Gasteiger charge is 2.31. The number of anilines is 1. The number of carbonyl (C=O) groups is 2. The molecule has 10 heteroatoms. The number of hydrogen-bond donors (Lipinski definition) is 1. The van der Waals surface area contributed by atoms with Crippen molar-refractivity contribution in [2.75, 3.05) is 52.3 Å². The van der Waals surface area contributed by atoms with Crippen LogP contribution in [-0.2, 0) is 16.1 Å². The van der Waals surface area contributed by atoms with E-state index in [1.54, 1.807) is 30.7 Å². The van der Waals surface area contributed by atoms with Gasteiger partial charge in [0.2, 0.25) is 11.9 Å². The van der Waals surface area contributed by atoms with Crippen LogP contribution in [0.5, 0.6) is 0 Å². The van der Waals surface area contributed by atoms with Crippen LogP contribution < -0.4 is 10.2 Å². The third-order valence-corrected chi connectivity index (χ3v) is 5.11. The minimum atomic E-state index is -0.225. The van der Waals surface area contributed by atoms with Crippen LogP contribution in [0.15, 0.2) is 24.9 Å². The fourth-order valence-electron chi connectivity index (χ4n) is 3.46. The van der Waals surface area contributed by atoms with E-state index in [9.17, 15) is 9.59 Å². The van der Waals surface area contributed by atoms with Crippen LogP contribution in [0.1, 0.15) is 34.8 Å². The van der Waals surface area contributed by atoms with Gasteiger partial charge in [-0.05, 0) is 6.42 Å². The Hall–Kier alpha value is -3.01. The molecule has 2 aromatic heterocycles. The molecular formula is C20H29N7O3. The van der Waals surface area contributed by atoms with Crippen molar-refractivity contribution in [1.29, 1.82) is 0 Å². The van der Waals surface area contributed by atoms with Crippen LogP contribution in [-0.4, -0.2) is 83.7 Å². The van der Waals surface area contributed by atoms with Gasteiger partial charge in [0, 0.05) is 78.3 Å². The first-order chi connectivity index (χ1) is 14.5. The Morgan fingerprint density at radius 1 is 1.37 bits per heavy atom. The van der Waals surface area contributed by atoms with Gasteiger partial charge < -0.3 is 24.4 Å². The molecule has 0 radical (unpaired) electrons. The van der Waals surface area contributed by atoms with Crippen molar-refractivity contribution >= 4 is 17.8 Å². The van der Waals surface area contributed by atoms with Crippen molar-refractivity contribution in [2.45, 2.75) is 25.3 Å². The minimum absolute atomic E-state index is 0.00734. The van der Waals surface area contributed by atoms with E-state index in [4.69, 9.17) is 4.74 Å². The second kappa shape index (κ2) is 10.1. The molecule has 1 atom stereocenters. The van der Waals surface area contributed by atoms with E-state index in [1.165, 1.54) is 0 Å². The van der Waals surface area contributed by atoms with Crippen LogP contribution in [0.4, 0.5) is 5.95 Å². The van der Waals surface area contributed by atoms with Gasteiger partial charge in [-0.15, -0.1) is 0 Å². The van der Waals surface area contributed by atoms with E-state index in [0.717, 1.165) is 6.42 Å². The Labute approximate surface area is 176 Å². The van der Waals surface area contributed by atoms with Gasteiger partial charge in [-0.2, -0.15) is 0 Å². The summed E-state index contributed by atoms with van der Waals surface area (Å²) in [5, 5.41) is 2.84. The van der Waals surface area contributed by atoms with Gasteiger partial charge in [0.15, 0.2) is 0 Å². The zero-order valence-electron chi connectivity index (χ0n) is 17.7. The number of likely N-dealkylation sites (tertiary alicyclic amines) is 1. The Morgan fingerprint density at radius 3 is 2.90 bits per heavy atom. The summed E-state index contributed by atoms with van der Waals surface area (Å²) in [4.78, 5) is 41.9. The molecule has 0 aromatic carbocycles. The number of nitrogens with one attached hydrogen (secondary N) is 1. The molecule has 0 bridgehead atoms. The molecule has 162 valence electrons. The van der Waals surface area contributed by atoms with Crippen LogP contribution in [0.3, 0.4) is 0 Å². The Morgan fingerprint density at radius 2 is 2.20 bits per heavy atom. The molecular weight excluding hydrogens is 386 g/mol. The predicted octanol–water partition coefficient (Wildman–Crippen LogP) is 0.522. The lowest BCUT2D eigenvalue weighted by molar-refractivity contribution is -0.130. The molecule has 30 heavy (non-hydrogen) atoms. The standard InChI is InChI=1S/C20H29N7O3/c1-25(2)20-23-12-16(19(29)22-7-11-30-3)18(24-20)15-4-9-27(13-15)17(28)5-8-26-10-6-21-14-26/h6,10,12,14-15H,4-5,7-9,11,13H2,1-3H3,(H,22,29). The SMILES string of the molecule is COCCNC(=O)c1cnc(N(C)C)nc1C1CCN(C(=O)CCn2ccnc2)C1. The molecule has 1 aliphatic heterocycles. The maximum Gasteiger partial charge on any atom is 0.254 e. The lowest BCUT2D eigenvalue weighted by Gasteiger charge is -2.19. The average Bonchev–Trinajstić information content (AvgIpc) is 3.44. The van der Waals surface area contributed by atoms with Gasteiger partial charge >= 0.3 is 0 Å². The lowest BCUT2D eigenvalue weighted by atomic mass is 9.99. The third kappa shape index (κ3) is 5.32. The predicted molar refractivity (Wildman–Crippen MR) is 111 cm³/mol. The van der Waals surface area contributed by atoms with E-state index < -0.39 is 0 Å². The molecule has 2 aromatic rings. The first-order valence-corrected chi connectivity index (χ1v) is 10.0. The van der Waals surface area contributed by atoms with Gasteiger partial charge in [-0.25, -0.2) is 15.0 Å². The number of nitrogens with zero attached hydrogens (tertiary/aromatic N) is 6. The molecule has 3 rings (SSSR count). The first kappa shape index (κ1) is 21.7. The van der Waals surface area contributed by atoms with Crippen LogP contribution in [0.2, 0.25) is 0 Å². The minimum Gasteiger partial charge on any atom is -0.383 e. The van der Waals surface area contributed by atoms with Gasteiger partial charge in [-0.3, -0.25) is 9.59 Å². The summed E-state index contributed by atoms with van der Waals surface area (Å²) in [5.74, 6) is 0.409. The highest BCUT2D eigenvalue weighted by atomic mass is 16.5. The first-order valence-electron chi connectivity index (χ1n) is 10.0. The fraction of sp³-hybridized carbons (Fsp3) is 0.550. The van der Waals surface area contributed by atoms with Gasteiger partial charge in [-0.1, -0.05) is 0 Å². The molecule has 0 aliphatic carbocycles. The van der Waals surface area contributed by atoms with Crippen molar-refractivity contribution in [3.8, 4) is 0 Å². The van der Waals surface area contributed by atoms with Crippen molar-refractivity contribution in [1.82, 2.24) is 29.7 Å². The van der Waals surface area contributed by atoms with Gasteiger partial charge in [0.25, 0.3) is 5.91 Å². The largest absolute Gasteiger partial charge is 0.383 e. The Kier molecular flexibility index (Phi) is 7.34. The number of methoxy groups -OCH3 is 1. The maximum absolute atomic E-state index is 12.7. The molecule has 10 nitrogen and oxygen atoms in total. The highest BCUT2D eigenvalue weighted by molar-refractivity contribution is 5.95. The number of aromatic nitrogens is 4. The van der Waals surface area contributed by atoms with E-state index >= 15 is 0 Å². The summed E-state index contributed by atoms with van der Waals surface area (Å²) >= 11 is 0. The monoisotopic (exact) mass is 415 g/mol. The summed E-state index contributed by atoms with van der Waals surface area (Å²) in [6.45, 7) is 2.64. The van der Waals surface area contributed by atoms with Crippen molar-refractivity contribution in [3.05, 3.63) is 36.2 Å². The normalized spacial score (nSPS) is 16.0. The van der Waals surface area contributed by atoms with E-state index in [1.807, 2.05) is 29.8 Å². The van der Waals surface area contributed by atoms with Gasteiger partial charge in [0.05, 0.1) is 24.2 Å². The lowest BCUT2D eigenvalue weighted by Crippen LogP contribution is -2.31. The fourth-order valence-corrected chi connectivity index (χ4v) is 3.46. The second-order valence-corrected chi connectivity index (χ2v) is 7.49. The molecule has 1 aliphatic rings. The number of amides is 2. The molecule has 1 fully saturated rings. The van der Waals surface area contributed by atoms with Gasteiger partial charge in [0.1, 0.15) is 0 Å². The molecule has 2 amide bonds. The zero-order chi connectivity index (χ0) is 21.5. The summed E-state index contributed by atoms with van der Waals surface area (Å²) in [5.41, 5.74) is 1.14. The summed E-state index contributed by atoms with van der Waals surface area (Å²) in [6.07, 6.45) is 8.01. The molecule has 1 saturated heterocycles. The second-order valence-electron chi connectivity index (χ2n) is 7.49. The van der Waals surface area contributed by atoms with E-state index in [-0.39, 0.29) is 17.7 Å². The average molecular weight is 415 g/mol. The van der Waals surface area contributed by atoms with Crippen molar-refractivity contribution < 1.29 is 14.3 Å². The zero-order valence-corrected chi connectivity index (χ0v) is 17.7. The number of rotatable bonds is 9. The number of aryl methyl sites for hydroxylation is 1. The number of hydrogen-bond acceptors (Lipinski definition) is 7. The maximum atomic E-state index is 12.7. The Bertz CT molecular complexity index is 854. The smallest absolute Gasteiger partial charge is 0.254 e.